The summed E-state index contributed by atoms with van der Waals surface area (Å²) in [6.45, 7) is 2.13. The van der Waals surface area contributed by atoms with Gasteiger partial charge in [0.25, 0.3) is 5.91 Å². The van der Waals surface area contributed by atoms with Crippen LogP contribution in [0.3, 0.4) is 0 Å². The lowest BCUT2D eigenvalue weighted by Crippen LogP contribution is -2.45. The summed E-state index contributed by atoms with van der Waals surface area (Å²) in [6, 6.07) is 17.2. The molecular weight excluding hydrogens is 381 g/mol. The summed E-state index contributed by atoms with van der Waals surface area (Å²) in [6.07, 6.45) is 5.14. The molecule has 4 rings (SSSR count). The molecule has 2 aromatic carbocycles. The maximum Gasteiger partial charge on any atom is 0.273 e. The Bertz CT molecular complexity index is 966. The highest BCUT2D eigenvalue weighted by Crippen LogP contribution is 2.23. The van der Waals surface area contributed by atoms with Crippen molar-refractivity contribution in [1.82, 2.24) is 20.3 Å². The minimum absolute atomic E-state index is 0.0590. The molecule has 1 saturated heterocycles. The molecule has 1 aliphatic rings. The van der Waals surface area contributed by atoms with Gasteiger partial charge in [0.15, 0.2) is 5.69 Å². The lowest BCUT2D eigenvalue weighted by Gasteiger charge is -2.34. The number of nitrogens with zero attached hydrogens (tertiary/aromatic N) is 4. The molecule has 0 aliphatic carbocycles. The molecule has 1 N–H and O–H groups in total. The van der Waals surface area contributed by atoms with E-state index in [1.54, 1.807) is 23.0 Å². The number of anilines is 1. The average Bonchev–Trinajstić information content (AvgIpc) is 3.25. The molecular formula is C23H26FN5O. The number of amides is 1. The van der Waals surface area contributed by atoms with Crippen LogP contribution >= 0.6 is 0 Å². The van der Waals surface area contributed by atoms with Crippen LogP contribution < -0.4 is 10.2 Å². The number of aryl methyl sites for hydroxylation is 2. The number of benzene rings is 2. The van der Waals surface area contributed by atoms with Crippen LogP contribution in [0.2, 0.25) is 0 Å². The average molecular weight is 407 g/mol. The van der Waals surface area contributed by atoms with Gasteiger partial charge in [-0.15, -0.1) is 5.10 Å². The fourth-order valence-electron chi connectivity index (χ4n) is 3.83. The third kappa shape index (κ3) is 5.03. The quantitative estimate of drug-likeness (QED) is 0.652. The molecule has 1 aromatic heterocycles. The van der Waals surface area contributed by atoms with E-state index in [1.165, 1.54) is 11.6 Å². The van der Waals surface area contributed by atoms with Crippen molar-refractivity contribution in [2.24, 2.45) is 0 Å². The topological polar surface area (TPSA) is 63.1 Å². The fourth-order valence-corrected chi connectivity index (χ4v) is 3.83. The van der Waals surface area contributed by atoms with Gasteiger partial charge in [-0.25, -0.2) is 4.39 Å². The van der Waals surface area contributed by atoms with Crippen molar-refractivity contribution >= 4 is 11.6 Å². The summed E-state index contributed by atoms with van der Waals surface area (Å²) in [5.74, 6) is -0.405. The second kappa shape index (κ2) is 9.52. The van der Waals surface area contributed by atoms with Crippen LogP contribution in [0.1, 0.15) is 35.3 Å². The number of carbonyl (C=O) groups is 1. The Hall–Kier alpha value is -3.22. The van der Waals surface area contributed by atoms with Crippen LogP contribution in [0.25, 0.3) is 0 Å². The van der Waals surface area contributed by atoms with Gasteiger partial charge in [-0.1, -0.05) is 47.7 Å². The number of hydrogen-bond acceptors (Lipinski definition) is 4. The van der Waals surface area contributed by atoms with Gasteiger partial charge in [0, 0.05) is 25.7 Å². The van der Waals surface area contributed by atoms with Gasteiger partial charge < -0.3 is 10.2 Å². The molecule has 1 aliphatic heterocycles. The van der Waals surface area contributed by atoms with Crippen molar-refractivity contribution in [2.45, 2.75) is 38.3 Å². The van der Waals surface area contributed by atoms with Crippen molar-refractivity contribution in [1.29, 1.82) is 0 Å². The van der Waals surface area contributed by atoms with Crippen LogP contribution in [0, 0.1) is 5.82 Å². The second-order valence-corrected chi connectivity index (χ2v) is 7.64. The highest BCUT2D eigenvalue weighted by Gasteiger charge is 2.23. The summed E-state index contributed by atoms with van der Waals surface area (Å²) in [4.78, 5) is 14.6. The molecule has 1 amide bonds. The molecule has 2 heterocycles. The van der Waals surface area contributed by atoms with E-state index in [-0.39, 0.29) is 17.8 Å². The highest BCUT2D eigenvalue weighted by molar-refractivity contribution is 5.92. The summed E-state index contributed by atoms with van der Waals surface area (Å²) in [5, 5.41) is 11.1. The van der Waals surface area contributed by atoms with E-state index in [9.17, 15) is 9.18 Å². The molecule has 0 atom stereocenters. The molecule has 0 unspecified atom stereocenters. The Morgan fingerprint density at radius 1 is 1.07 bits per heavy atom. The third-order valence-electron chi connectivity index (χ3n) is 5.49. The van der Waals surface area contributed by atoms with E-state index in [4.69, 9.17) is 0 Å². The standard InChI is InChI=1S/C23H26FN5O/c24-20-10-4-5-11-22(20)28-15-12-19(13-16-28)25-23(30)21-17-29(27-26-21)14-6-9-18-7-2-1-3-8-18/h1-5,7-8,10-11,17,19H,6,9,12-16H2,(H,25,30). The van der Waals surface area contributed by atoms with Crippen LogP contribution in [-0.2, 0) is 13.0 Å². The fraction of sp³-hybridized carbons (Fsp3) is 0.348. The summed E-state index contributed by atoms with van der Waals surface area (Å²) >= 11 is 0. The molecule has 0 spiro atoms. The monoisotopic (exact) mass is 407 g/mol. The van der Waals surface area contributed by atoms with Crippen LogP contribution in [0.4, 0.5) is 10.1 Å². The van der Waals surface area contributed by atoms with Crippen LogP contribution in [0.15, 0.2) is 60.8 Å². The van der Waals surface area contributed by atoms with Gasteiger partial charge in [0.1, 0.15) is 5.82 Å². The zero-order chi connectivity index (χ0) is 20.8. The maximum absolute atomic E-state index is 14.0. The first-order valence-corrected chi connectivity index (χ1v) is 10.4. The molecule has 1 fully saturated rings. The molecule has 7 heteroatoms. The Kier molecular flexibility index (Phi) is 6.37. The van der Waals surface area contributed by atoms with Gasteiger partial charge in [0.2, 0.25) is 0 Å². The minimum atomic E-state index is -0.205. The highest BCUT2D eigenvalue weighted by atomic mass is 19.1. The Morgan fingerprint density at radius 2 is 1.80 bits per heavy atom. The Morgan fingerprint density at radius 3 is 2.57 bits per heavy atom. The van der Waals surface area contributed by atoms with Gasteiger partial charge in [-0.05, 0) is 43.4 Å². The maximum atomic E-state index is 14.0. The number of carbonyl (C=O) groups excluding carboxylic acids is 1. The number of hydrogen-bond donors (Lipinski definition) is 1. The number of nitrogens with one attached hydrogen (secondary N) is 1. The predicted octanol–water partition coefficient (Wildman–Crippen LogP) is 3.45. The third-order valence-corrected chi connectivity index (χ3v) is 5.49. The smallest absolute Gasteiger partial charge is 0.273 e. The predicted molar refractivity (Wildman–Crippen MR) is 114 cm³/mol. The number of para-hydroxylation sites is 1. The zero-order valence-electron chi connectivity index (χ0n) is 16.9. The van der Waals surface area contributed by atoms with Gasteiger partial charge in [-0.2, -0.15) is 0 Å². The first-order valence-electron chi connectivity index (χ1n) is 10.4. The largest absolute Gasteiger partial charge is 0.369 e. The van der Waals surface area contributed by atoms with E-state index in [0.29, 0.717) is 24.5 Å². The molecule has 6 nitrogen and oxygen atoms in total. The molecule has 30 heavy (non-hydrogen) atoms. The first-order chi connectivity index (χ1) is 14.7. The molecule has 0 radical (unpaired) electrons. The van der Waals surface area contributed by atoms with E-state index in [2.05, 4.69) is 27.8 Å². The van der Waals surface area contributed by atoms with Crippen molar-refractivity contribution < 1.29 is 9.18 Å². The zero-order valence-corrected chi connectivity index (χ0v) is 16.9. The van der Waals surface area contributed by atoms with Gasteiger partial charge >= 0.3 is 0 Å². The molecule has 0 saturated carbocycles. The van der Waals surface area contributed by atoms with Gasteiger partial charge in [-0.3, -0.25) is 9.48 Å². The van der Waals surface area contributed by atoms with E-state index < -0.39 is 0 Å². The normalized spacial score (nSPS) is 14.6. The van der Waals surface area contributed by atoms with Gasteiger partial charge in [0.05, 0.1) is 11.9 Å². The number of rotatable bonds is 7. The van der Waals surface area contributed by atoms with E-state index >= 15 is 0 Å². The Labute approximate surface area is 175 Å². The van der Waals surface area contributed by atoms with Crippen molar-refractivity contribution in [3.63, 3.8) is 0 Å². The number of halogens is 1. The first kappa shape index (κ1) is 20.1. The van der Waals surface area contributed by atoms with E-state index in [1.807, 2.05) is 29.2 Å². The number of piperidine rings is 1. The summed E-state index contributed by atoms with van der Waals surface area (Å²) in [5.41, 5.74) is 2.25. The lowest BCUT2D eigenvalue weighted by atomic mass is 10.0. The molecule has 156 valence electrons. The lowest BCUT2D eigenvalue weighted by molar-refractivity contribution is 0.0926. The van der Waals surface area contributed by atoms with Crippen molar-refractivity contribution in [3.8, 4) is 0 Å². The van der Waals surface area contributed by atoms with Crippen molar-refractivity contribution in [3.05, 3.63) is 77.9 Å². The van der Waals surface area contributed by atoms with Crippen molar-refractivity contribution in [2.75, 3.05) is 18.0 Å². The molecule has 3 aromatic rings. The summed E-state index contributed by atoms with van der Waals surface area (Å²) in [7, 11) is 0. The number of aromatic nitrogens is 3. The Balaban J connectivity index is 1.23. The summed E-state index contributed by atoms with van der Waals surface area (Å²) < 4.78 is 15.7. The minimum Gasteiger partial charge on any atom is -0.369 e. The molecule has 0 bridgehead atoms. The SMILES string of the molecule is O=C(NC1CCN(c2ccccc2F)CC1)c1cn(CCCc2ccccc2)nn1. The van der Waals surface area contributed by atoms with Crippen LogP contribution in [-0.4, -0.2) is 40.0 Å². The second-order valence-electron chi connectivity index (χ2n) is 7.64. The van der Waals surface area contributed by atoms with Crippen LogP contribution in [0.5, 0.6) is 0 Å². The van der Waals surface area contributed by atoms with E-state index in [0.717, 1.165) is 32.2 Å².